The van der Waals surface area contributed by atoms with Crippen LogP contribution in [0.15, 0.2) is 41.0 Å². The third kappa shape index (κ3) is 1.95. The average molecular weight is 262 g/mol. The van der Waals surface area contributed by atoms with Crippen LogP contribution >= 0.6 is 11.6 Å². The highest BCUT2D eigenvalue weighted by Crippen LogP contribution is 2.22. The molecule has 1 aromatic carbocycles. The number of aromatic nitrogens is 2. The molecule has 0 atom stereocenters. The van der Waals surface area contributed by atoms with Crippen LogP contribution in [0.5, 0.6) is 0 Å². The lowest BCUT2D eigenvalue weighted by atomic mass is 10.3. The van der Waals surface area contributed by atoms with Gasteiger partial charge in [0.1, 0.15) is 5.76 Å². The maximum Gasteiger partial charge on any atom is 0.201 e. The summed E-state index contributed by atoms with van der Waals surface area (Å²) in [5.41, 5.74) is 7.73. The summed E-state index contributed by atoms with van der Waals surface area (Å²) in [4.78, 5) is 4.30. The monoisotopic (exact) mass is 261 g/mol. The van der Waals surface area contributed by atoms with E-state index in [4.69, 9.17) is 21.8 Å². The van der Waals surface area contributed by atoms with Crippen LogP contribution in [0.25, 0.3) is 11.0 Å². The Morgan fingerprint density at radius 3 is 3.00 bits per heavy atom. The van der Waals surface area contributed by atoms with Crippen molar-refractivity contribution in [1.29, 1.82) is 0 Å². The molecule has 0 saturated heterocycles. The number of nitrogens with zero attached hydrogens (tertiary/aromatic N) is 2. The highest BCUT2D eigenvalue weighted by molar-refractivity contribution is 6.31. The Hall–Kier alpha value is -1.94. The third-order valence-electron chi connectivity index (χ3n) is 2.90. The maximum absolute atomic E-state index is 5.93. The predicted octanol–water partition coefficient (Wildman–Crippen LogP) is 3.11. The van der Waals surface area contributed by atoms with E-state index in [0.717, 1.165) is 29.8 Å². The largest absolute Gasteiger partial charge is 0.469 e. The predicted molar refractivity (Wildman–Crippen MR) is 71.6 cm³/mol. The van der Waals surface area contributed by atoms with Gasteiger partial charge in [-0.05, 0) is 30.3 Å². The van der Waals surface area contributed by atoms with E-state index in [1.165, 1.54) is 0 Å². The van der Waals surface area contributed by atoms with Gasteiger partial charge in [-0.25, -0.2) is 4.98 Å². The van der Waals surface area contributed by atoms with Crippen molar-refractivity contribution in [3.63, 3.8) is 0 Å². The molecule has 0 fully saturated rings. The van der Waals surface area contributed by atoms with Gasteiger partial charge in [0.25, 0.3) is 0 Å². The number of hydrogen-bond acceptors (Lipinski definition) is 3. The zero-order chi connectivity index (χ0) is 12.5. The van der Waals surface area contributed by atoms with Crippen LogP contribution in [-0.2, 0) is 13.0 Å². The number of anilines is 1. The van der Waals surface area contributed by atoms with E-state index in [1.54, 1.807) is 6.26 Å². The zero-order valence-corrected chi connectivity index (χ0v) is 10.4. The minimum atomic E-state index is 0.499. The second-order valence-corrected chi connectivity index (χ2v) is 4.52. The fourth-order valence-electron chi connectivity index (χ4n) is 2.03. The van der Waals surface area contributed by atoms with Gasteiger partial charge in [0.2, 0.25) is 5.95 Å². The van der Waals surface area contributed by atoms with Gasteiger partial charge in [-0.15, -0.1) is 0 Å². The Labute approximate surface area is 109 Å². The van der Waals surface area contributed by atoms with Crippen LogP contribution < -0.4 is 5.73 Å². The van der Waals surface area contributed by atoms with E-state index >= 15 is 0 Å². The minimum absolute atomic E-state index is 0.499. The molecule has 0 spiro atoms. The molecule has 2 N–H and O–H groups in total. The quantitative estimate of drug-likeness (QED) is 0.788. The molecule has 2 heterocycles. The first-order valence-electron chi connectivity index (χ1n) is 5.68. The molecule has 4 nitrogen and oxygen atoms in total. The molecule has 0 amide bonds. The molecule has 5 heteroatoms. The summed E-state index contributed by atoms with van der Waals surface area (Å²) in [5, 5.41) is 0.665. The molecule has 0 aliphatic carbocycles. The average Bonchev–Trinajstić information content (AvgIpc) is 2.93. The maximum atomic E-state index is 5.93. The number of furan rings is 1. The van der Waals surface area contributed by atoms with E-state index in [9.17, 15) is 0 Å². The number of nitrogen functional groups attached to an aromatic ring is 1. The van der Waals surface area contributed by atoms with Crippen molar-refractivity contribution in [2.75, 3.05) is 5.73 Å². The summed E-state index contributed by atoms with van der Waals surface area (Å²) in [5.74, 6) is 1.43. The van der Waals surface area contributed by atoms with E-state index in [1.807, 2.05) is 34.9 Å². The molecule has 2 aromatic heterocycles. The van der Waals surface area contributed by atoms with Gasteiger partial charge >= 0.3 is 0 Å². The van der Waals surface area contributed by atoms with Crippen molar-refractivity contribution in [3.05, 3.63) is 47.4 Å². The molecule has 0 aliphatic rings. The van der Waals surface area contributed by atoms with E-state index in [-0.39, 0.29) is 0 Å². The molecule has 0 bridgehead atoms. The van der Waals surface area contributed by atoms with Crippen molar-refractivity contribution in [1.82, 2.24) is 9.55 Å². The number of fused-ring (bicyclic) bond motifs is 1. The summed E-state index contributed by atoms with van der Waals surface area (Å²) in [7, 11) is 0. The lowest BCUT2D eigenvalue weighted by Gasteiger charge is -2.04. The molecule has 3 rings (SSSR count). The van der Waals surface area contributed by atoms with E-state index in [2.05, 4.69) is 4.98 Å². The van der Waals surface area contributed by atoms with Gasteiger partial charge in [-0.3, -0.25) is 0 Å². The molecule has 92 valence electrons. The number of nitrogens with two attached hydrogens (primary N) is 1. The topological polar surface area (TPSA) is 57.0 Å². The van der Waals surface area contributed by atoms with Crippen molar-refractivity contribution < 1.29 is 4.42 Å². The summed E-state index contributed by atoms with van der Waals surface area (Å²) in [6.07, 6.45) is 2.45. The van der Waals surface area contributed by atoms with Gasteiger partial charge in [0.15, 0.2) is 0 Å². The first-order valence-corrected chi connectivity index (χ1v) is 6.05. The molecular weight excluding hydrogens is 250 g/mol. The molecule has 0 aliphatic heterocycles. The number of aryl methyl sites for hydroxylation is 2. The van der Waals surface area contributed by atoms with Gasteiger partial charge in [-0.2, -0.15) is 0 Å². The molecule has 0 unspecified atom stereocenters. The van der Waals surface area contributed by atoms with Crippen LogP contribution in [0, 0.1) is 0 Å². The molecular formula is C13H12ClN3O. The first-order chi connectivity index (χ1) is 8.74. The van der Waals surface area contributed by atoms with Crippen molar-refractivity contribution in [2.45, 2.75) is 13.0 Å². The third-order valence-corrected chi connectivity index (χ3v) is 3.14. The number of imidazole rings is 1. The standard InChI is InChI=1S/C13H12ClN3O/c14-9-3-4-12-11(8-9)16-13(15)17(12)6-5-10-2-1-7-18-10/h1-4,7-8H,5-6H2,(H2,15,16). The van der Waals surface area contributed by atoms with Crippen LogP contribution in [0.1, 0.15) is 5.76 Å². The Morgan fingerprint density at radius 2 is 2.22 bits per heavy atom. The van der Waals surface area contributed by atoms with E-state index < -0.39 is 0 Å². The lowest BCUT2D eigenvalue weighted by Crippen LogP contribution is -2.05. The Balaban J connectivity index is 1.93. The van der Waals surface area contributed by atoms with Crippen molar-refractivity contribution >= 4 is 28.6 Å². The van der Waals surface area contributed by atoms with Gasteiger partial charge in [0, 0.05) is 18.0 Å². The smallest absolute Gasteiger partial charge is 0.201 e. The number of benzene rings is 1. The number of rotatable bonds is 3. The lowest BCUT2D eigenvalue weighted by molar-refractivity contribution is 0.494. The summed E-state index contributed by atoms with van der Waals surface area (Å²) in [6, 6.07) is 9.42. The Morgan fingerprint density at radius 1 is 1.33 bits per heavy atom. The van der Waals surface area contributed by atoms with Gasteiger partial charge < -0.3 is 14.7 Å². The van der Waals surface area contributed by atoms with Crippen LogP contribution in [0.3, 0.4) is 0 Å². The fourth-order valence-corrected chi connectivity index (χ4v) is 2.20. The summed E-state index contributed by atoms with van der Waals surface area (Å²) < 4.78 is 7.27. The summed E-state index contributed by atoms with van der Waals surface area (Å²) >= 11 is 5.93. The summed E-state index contributed by atoms with van der Waals surface area (Å²) in [6.45, 7) is 0.734. The first kappa shape index (κ1) is 11.2. The molecule has 18 heavy (non-hydrogen) atoms. The molecule has 0 radical (unpaired) electrons. The number of hydrogen-bond donors (Lipinski definition) is 1. The van der Waals surface area contributed by atoms with E-state index in [0.29, 0.717) is 11.0 Å². The van der Waals surface area contributed by atoms with Crippen LogP contribution in [0.4, 0.5) is 5.95 Å². The fraction of sp³-hybridized carbons (Fsp3) is 0.154. The Kier molecular flexibility index (Phi) is 2.72. The second kappa shape index (κ2) is 4.38. The highest BCUT2D eigenvalue weighted by Gasteiger charge is 2.08. The minimum Gasteiger partial charge on any atom is -0.469 e. The Bertz CT molecular complexity index is 673. The van der Waals surface area contributed by atoms with Crippen molar-refractivity contribution in [3.8, 4) is 0 Å². The van der Waals surface area contributed by atoms with Crippen LogP contribution in [0.2, 0.25) is 5.02 Å². The van der Waals surface area contributed by atoms with Gasteiger partial charge in [0.05, 0.1) is 17.3 Å². The second-order valence-electron chi connectivity index (χ2n) is 4.08. The normalized spacial score (nSPS) is 11.2. The van der Waals surface area contributed by atoms with Crippen LogP contribution in [-0.4, -0.2) is 9.55 Å². The van der Waals surface area contributed by atoms with Crippen molar-refractivity contribution in [2.24, 2.45) is 0 Å². The molecule has 3 aromatic rings. The number of halogens is 1. The zero-order valence-electron chi connectivity index (χ0n) is 9.64. The SMILES string of the molecule is Nc1nc2cc(Cl)ccc2n1CCc1ccco1. The van der Waals surface area contributed by atoms with Gasteiger partial charge in [-0.1, -0.05) is 11.6 Å². The highest BCUT2D eigenvalue weighted by atomic mass is 35.5. The molecule has 0 saturated carbocycles.